The second-order valence-corrected chi connectivity index (χ2v) is 7.17. The Morgan fingerprint density at radius 1 is 0.840 bits per heavy atom. The number of carbonyl (C=O) groups is 1. The Bertz CT molecular complexity index is 334. The van der Waals surface area contributed by atoms with E-state index in [1.807, 2.05) is 0 Å². The minimum atomic E-state index is -1.60. The minimum absolute atomic E-state index is 0.202. The van der Waals surface area contributed by atoms with E-state index >= 15 is 0 Å². The van der Waals surface area contributed by atoms with Gasteiger partial charge in [-0.3, -0.25) is 4.79 Å². The van der Waals surface area contributed by atoms with Crippen LogP contribution in [0.4, 0.5) is 0 Å². The third-order valence-electron chi connectivity index (χ3n) is 4.61. The molecule has 0 heterocycles. The number of carbonyl (C=O) groups excluding carboxylic acids is 1. The van der Waals surface area contributed by atoms with E-state index in [9.17, 15) is 9.90 Å². The van der Waals surface area contributed by atoms with Crippen molar-refractivity contribution in [2.24, 2.45) is 0 Å². The van der Waals surface area contributed by atoms with Gasteiger partial charge in [0.15, 0.2) is 5.78 Å². The van der Waals surface area contributed by atoms with Crippen molar-refractivity contribution in [2.45, 2.75) is 116 Å². The molecule has 0 amide bonds. The van der Waals surface area contributed by atoms with Crippen LogP contribution in [-0.2, 0) is 9.53 Å². The van der Waals surface area contributed by atoms with E-state index in [2.05, 4.69) is 19.1 Å². The Morgan fingerprint density at radius 3 is 1.84 bits per heavy atom. The molecule has 3 nitrogen and oxygen atoms in total. The van der Waals surface area contributed by atoms with Gasteiger partial charge in [0, 0.05) is 13.0 Å². The van der Waals surface area contributed by atoms with Gasteiger partial charge in [0.25, 0.3) is 0 Å². The fraction of sp³-hybridized carbons (Fsp3) is 0.864. The highest BCUT2D eigenvalue weighted by molar-refractivity contribution is 5.85. The second-order valence-electron chi connectivity index (χ2n) is 7.17. The van der Waals surface area contributed by atoms with Crippen LogP contribution in [0.15, 0.2) is 12.2 Å². The summed E-state index contributed by atoms with van der Waals surface area (Å²) < 4.78 is 5.06. The van der Waals surface area contributed by atoms with Gasteiger partial charge in [-0.1, -0.05) is 70.4 Å². The van der Waals surface area contributed by atoms with E-state index in [1.165, 1.54) is 71.1 Å². The fourth-order valence-corrected chi connectivity index (χ4v) is 2.95. The van der Waals surface area contributed by atoms with Gasteiger partial charge in [-0.2, -0.15) is 0 Å². The van der Waals surface area contributed by atoms with Crippen molar-refractivity contribution in [2.75, 3.05) is 6.61 Å². The van der Waals surface area contributed by atoms with Crippen molar-refractivity contribution >= 4 is 5.78 Å². The van der Waals surface area contributed by atoms with E-state index in [-0.39, 0.29) is 5.78 Å². The standard InChI is InChI=1S/C22H42O3/c1-4-6-7-8-9-10-11-12-13-14-15-16-17-18-19-20-21(23)22(3,24)25-5-2/h12-13,24H,4-11,14-20H2,1-3H3. The van der Waals surface area contributed by atoms with Crippen LogP contribution in [0.2, 0.25) is 0 Å². The van der Waals surface area contributed by atoms with Gasteiger partial charge >= 0.3 is 0 Å². The van der Waals surface area contributed by atoms with E-state index in [0.29, 0.717) is 13.0 Å². The van der Waals surface area contributed by atoms with Gasteiger partial charge < -0.3 is 9.84 Å². The van der Waals surface area contributed by atoms with Crippen molar-refractivity contribution < 1.29 is 14.6 Å². The molecule has 0 fully saturated rings. The summed E-state index contributed by atoms with van der Waals surface area (Å²) in [4.78, 5) is 11.8. The van der Waals surface area contributed by atoms with Crippen LogP contribution >= 0.6 is 0 Å². The molecule has 0 aliphatic rings. The van der Waals surface area contributed by atoms with E-state index < -0.39 is 5.79 Å². The van der Waals surface area contributed by atoms with E-state index in [1.54, 1.807) is 6.92 Å². The molecular formula is C22H42O3. The van der Waals surface area contributed by atoms with Gasteiger partial charge in [-0.25, -0.2) is 0 Å². The maximum absolute atomic E-state index is 11.8. The van der Waals surface area contributed by atoms with Gasteiger partial charge in [-0.05, 0) is 46.0 Å². The van der Waals surface area contributed by atoms with Gasteiger partial charge in [-0.15, -0.1) is 0 Å². The fourth-order valence-electron chi connectivity index (χ4n) is 2.95. The molecule has 0 saturated carbocycles. The Kier molecular flexibility index (Phi) is 16.3. The van der Waals surface area contributed by atoms with Crippen molar-refractivity contribution in [3.63, 3.8) is 0 Å². The summed E-state index contributed by atoms with van der Waals surface area (Å²) in [5, 5.41) is 9.82. The maximum Gasteiger partial charge on any atom is 0.223 e. The number of unbranched alkanes of at least 4 members (excludes halogenated alkanes) is 11. The summed E-state index contributed by atoms with van der Waals surface area (Å²) >= 11 is 0. The van der Waals surface area contributed by atoms with Crippen molar-refractivity contribution in [3.8, 4) is 0 Å². The Labute approximate surface area is 156 Å². The molecule has 1 unspecified atom stereocenters. The molecule has 0 aliphatic carbocycles. The minimum Gasteiger partial charge on any atom is -0.360 e. The lowest BCUT2D eigenvalue weighted by molar-refractivity contribution is -0.195. The summed E-state index contributed by atoms with van der Waals surface area (Å²) in [6.45, 7) is 5.83. The molecule has 1 atom stereocenters. The molecule has 0 saturated heterocycles. The monoisotopic (exact) mass is 354 g/mol. The average Bonchev–Trinajstić information content (AvgIpc) is 2.58. The molecule has 0 radical (unpaired) electrons. The summed E-state index contributed by atoms with van der Waals surface area (Å²) in [7, 11) is 0. The largest absolute Gasteiger partial charge is 0.360 e. The lowest BCUT2D eigenvalue weighted by atomic mass is 10.0. The van der Waals surface area contributed by atoms with Crippen LogP contribution in [0.25, 0.3) is 0 Å². The first-order chi connectivity index (χ1) is 12.0. The van der Waals surface area contributed by atoms with Crippen molar-refractivity contribution in [3.05, 3.63) is 12.2 Å². The average molecular weight is 355 g/mol. The first-order valence-corrected chi connectivity index (χ1v) is 10.6. The molecule has 148 valence electrons. The molecule has 0 rings (SSSR count). The number of ketones is 1. The van der Waals surface area contributed by atoms with Crippen LogP contribution in [0.3, 0.4) is 0 Å². The number of rotatable bonds is 18. The number of allylic oxidation sites excluding steroid dienone is 2. The molecule has 0 aromatic heterocycles. The lowest BCUT2D eigenvalue weighted by Gasteiger charge is -2.21. The smallest absolute Gasteiger partial charge is 0.223 e. The Morgan fingerprint density at radius 2 is 1.32 bits per heavy atom. The molecule has 0 spiro atoms. The summed E-state index contributed by atoms with van der Waals surface area (Å²) in [6.07, 6.45) is 21.2. The SMILES string of the molecule is CCCCCCCCC=CCCCCCCCC(=O)C(C)(O)OCC. The van der Waals surface area contributed by atoms with Gasteiger partial charge in [0.2, 0.25) is 5.79 Å². The van der Waals surface area contributed by atoms with Crippen LogP contribution < -0.4 is 0 Å². The zero-order valence-corrected chi connectivity index (χ0v) is 17.0. The highest BCUT2D eigenvalue weighted by atomic mass is 16.6. The third kappa shape index (κ3) is 15.3. The van der Waals surface area contributed by atoms with Crippen molar-refractivity contribution in [1.82, 2.24) is 0 Å². The lowest BCUT2D eigenvalue weighted by Crippen LogP contribution is -2.38. The van der Waals surface area contributed by atoms with Crippen LogP contribution in [-0.4, -0.2) is 23.3 Å². The quantitative estimate of drug-likeness (QED) is 0.177. The molecule has 25 heavy (non-hydrogen) atoms. The zero-order valence-electron chi connectivity index (χ0n) is 17.0. The molecule has 3 heteroatoms. The summed E-state index contributed by atoms with van der Waals surface area (Å²) in [5.41, 5.74) is 0. The third-order valence-corrected chi connectivity index (χ3v) is 4.61. The summed E-state index contributed by atoms with van der Waals surface area (Å²) in [5.74, 6) is -1.80. The van der Waals surface area contributed by atoms with Gasteiger partial charge in [0.05, 0.1) is 0 Å². The predicted molar refractivity (Wildman–Crippen MR) is 107 cm³/mol. The van der Waals surface area contributed by atoms with E-state index in [4.69, 9.17) is 4.74 Å². The van der Waals surface area contributed by atoms with Crippen LogP contribution in [0.1, 0.15) is 111 Å². The Hall–Kier alpha value is -0.670. The Balaban J connectivity index is 3.36. The summed E-state index contributed by atoms with van der Waals surface area (Å²) in [6, 6.07) is 0. The first kappa shape index (κ1) is 24.3. The molecular weight excluding hydrogens is 312 g/mol. The van der Waals surface area contributed by atoms with Gasteiger partial charge in [0.1, 0.15) is 0 Å². The molecule has 0 aromatic rings. The van der Waals surface area contributed by atoms with Crippen LogP contribution in [0.5, 0.6) is 0 Å². The molecule has 0 aliphatic heterocycles. The number of hydrogen-bond acceptors (Lipinski definition) is 3. The normalized spacial score (nSPS) is 14.1. The number of aliphatic hydroxyl groups is 1. The maximum atomic E-state index is 11.8. The number of Topliss-reactive ketones (excluding diaryl/α,β-unsaturated/α-hetero) is 1. The zero-order chi connectivity index (χ0) is 18.8. The second kappa shape index (κ2) is 16.8. The first-order valence-electron chi connectivity index (χ1n) is 10.6. The highest BCUT2D eigenvalue weighted by Gasteiger charge is 2.29. The number of ether oxygens (including phenoxy) is 1. The molecule has 0 aromatic carbocycles. The van der Waals surface area contributed by atoms with Crippen LogP contribution in [0, 0.1) is 0 Å². The topological polar surface area (TPSA) is 46.5 Å². The van der Waals surface area contributed by atoms with E-state index in [0.717, 1.165) is 19.3 Å². The van der Waals surface area contributed by atoms with Crippen molar-refractivity contribution in [1.29, 1.82) is 0 Å². The molecule has 1 N–H and O–H groups in total. The predicted octanol–water partition coefficient (Wildman–Crippen LogP) is 6.34. The molecule has 0 bridgehead atoms. The highest BCUT2D eigenvalue weighted by Crippen LogP contribution is 2.14. The number of hydrogen-bond donors (Lipinski definition) is 1.